The van der Waals surface area contributed by atoms with Gasteiger partial charge in [0.05, 0.1) is 16.8 Å². The van der Waals surface area contributed by atoms with Gasteiger partial charge in [-0.2, -0.15) is 0 Å². The Kier molecular flexibility index (Phi) is 3.39. The van der Waals surface area contributed by atoms with Gasteiger partial charge >= 0.3 is 0 Å². The van der Waals surface area contributed by atoms with Crippen molar-refractivity contribution in [2.24, 2.45) is 5.92 Å². The van der Waals surface area contributed by atoms with E-state index in [2.05, 4.69) is 17.5 Å². The van der Waals surface area contributed by atoms with Crippen LogP contribution >= 0.6 is 23.2 Å². The zero-order chi connectivity index (χ0) is 15.3. The van der Waals surface area contributed by atoms with Gasteiger partial charge in [-0.25, -0.2) is 4.39 Å². The van der Waals surface area contributed by atoms with Crippen molar-refractivity contribution < 1.29 is 4.39 Å². The number of allylic oxidation sites excluding steroid dienone is 2. The van der Waals surface area contributed by atoms with Gasteiger partial charge in [-0.05, 0) is 42.2 Å². The van der Waals surface area contributed by atoms with E-state index >= 15 is 0 Å². The SMILES string of the molecule is Fc1cccc([C@@H]2Nc3c(Cl)ccc(Cl)c3[C@@H]3C=CC[C@H]32)c1. The third kappa shape index (κ3) is 2.13. The molecule has 0 saturated carbocycles. The first-order chi connectivity index (χ1) is 10.6. The van der Waals surface area contributed by atoms with Crippen molar-refractivity contribution in [2.75, 3.05) is 5.32 Å². The monoisotopic (exact) mass is 333 g/mol. The molecule has 22 heavy (non-hydrogen) atoms. The highest BCUT2D eigenvalue weighted by Gasteiger charge is 2.39. The first-order valence-corrected chi connectivity index (χ1v) is 8.07. The molecule has 2 aliphatic rings. The molecule has 4 rings (SSSR count). The molecule has 1 aliphatic carbocycles. The Morgan fingerprint density at radius 1 is 1.09 bits per heavy atom. The molecule has 1 aliphatic heterocycles. The predicted octanol–water partition coefficient (Wildman–Crippen LogP) is 5.96. The second kappa shape index (κ2) is 5.29. The molecule has 2 aromatic carbocycles. The van der Waals surface area contributed by atoms with Gasteiger partial charge in [-0.3, -0.25) is 0 Å². The van der Waals surface area contributed by atoms with Crippen LogP contribution in [0.3, 0.4) is 0 Å². The van der Waals surface area contributed by atoms with Crippen molar-refractivity contribution >= 4 is 28.9 Å². The normalized spacial score (nSPS) is 25.5. The number of nitrogens with one attached hydrogen (secondary N) is 1. The maximum Gasteiger partial charge on any atom is 0.123 e. The number of fused-ring (bicyclic) bond motifs is 3. The van der Waals surface area contributed by atoms with Crippen molar-refractivity contribution in [1.82, 2.24) is 0 Å². The van der Waals surface area contributed by atoms with Gasteiger partial charge in [0.15, 0.2) is 0 Å². The summed E-state index contributed by atoms with van der Waals surface area (Å²) >= 11 is 12.8. The highest BCUT2D eigenvalue weighted by atomic mass is 35.5. The summed E-state index contributed by atoms with van der Waals surface area (Å²) in [5.41, 5.74) is 2.87. The van der Waals surface area contributed by atoms with Crippen LogP contribution in [0.25, 0.3) is 0 Å². The van der Waals surface area contributed by atoms with Crippen molar-refractivity contribution in [2.45, 2.75) is 18.4 Å². The van der Waals surface area contributed by atoms with Crippen LogP contribution in [0.4, 0.5) is 10.1 Å². The quantitative estimate of drug-likeness (QED) is 0.635. The van der Waals surface area contributed by atoms with Gasteiger partial charge < -0.3 is 5.32 Å². The summed E-state index contributed by atoms with van der Waals surface area (Å²) in [4.78, 5) is 0. The summed E-state index contributed by atoms with van der Waals surface area (Å²) in [6.45, 7) is 0. The molecule has 3 atom stereocenters. The predicted molar refractivity (Wildman–Crippen MR) is 89.2 cm³/mol. The summed E-state index contributed by atoms with van der Waals surface area (Å²) in [6, 6.07) is 10.4. The molecule has 1 heterocycles. The number of hydrogen-bond donors (Lipinski definition) is 1. The van der Waals surface area contributed by atoms with Crippen LogP contribution in [-0.2, 0) is 0 Å². The second-order valence-electron chi connectivity index (χ2n) is 5.85. The standard InChI is InChI=1S/C18H14Cl2FN/c19-14-7-8-15(20)18-16(14)12-5-2-6-13(12)17(22-18)10-3-1-4-11(21)9-10/h1-5,7-9,12-13,17,22H,6H2/t12-,13-,17+/m1/s1. The van der Waals surface area contributed by atoms with E-state index in [9.17, 15) is 4.39 Å². The summed E-state index contributed by atoms with van der Waals surface area (Å²) in [5, 5.41) is 4.88. The molecule has 0 aromatic heterocycles. The summed E-state index contributed by atoms with van der Waals surface area (Å²) in [5.74, 6) is 0.325. The van der Waals surface area contributed by atoms with Crippen LogP contribution in [0.2, 0.25) is 10.0 Å². The fourth-order valence-corrected chi connectivity index (χ4v) is 4.16. The van der Waals surface area contributed by atoms with Crippen LogP contribution in [0.1, 0.15) is 29.5 Å². The molecule has 0 unspecified atom stereocenters. The fourth-order valence-electron chi connectivity index (χ4n) is 3.66. The van der Waals surface area contributed by atoms with E-state index in [1.54, 1.807) is 18.2 Å². The average molecular weight is 334 g/mol. The maximum absolute atomic E-state index is 13.6. The smallest absolute Gasteiger partial charge is 0.123 e. The summed E-state index contributed by atoms with van der Waals surface area (Å²) in [6.07, 6.45) is 5.32. The third-order valence-corrected chi connectivity index (χ3v) is 5.27. The largest absolute Gasteiger partial charge is 0.376 e. The fraction of sp³-hybridized carbons (Fsp3) is 0.222. The molecule has 0 radical (unpaired) electrons. The van der Waals surface area contributed by atoms with E-state index in [0.717, 1.165) is 28.3 Å². The van der Waals surface area contributed by atoms with E-state index in [-0.39, 0.29) is 17.8 Å². The Bertz CT molecular complexity index is 772. The van der Waals surface area contributed by atoms with Gasteiger partial charge in [0.25, 0.3) is 0 Å². The van der Waals surface area contributed by atoms with Gasteiger partial charge in [-0.15, -0.1) is 0 Å². The first kappa shape index (κ1) is 14.1. The lowest BCUT2D eigenvalue weighted by molar-refractivity contribution is 0.424. The van der Waals surface area contributed by atoms with E-state index in [1.807, 2.05) is 12.1 Å². The molecule has 0 bridgehead atoms. The maximum atomic E-state index is 13.6. The number of benzene rings is 2. The molecule has 112 valence electrons. The Hall–Kier alpha value is -1.51. The van der Waals surface area contributed by atoms with Crippen molar-refractivity contribution in [3.8, 4) is 0 Å². The number of anilines is 1. The minimum Gasteiger partial charge on any atom is -0.376 e. The minimum absolute atomic E-state index is 0.0270. The second-order valence-corrected chi connectivity index (χ2v) is 6.66. The van der Waals surface area contributed by atoms with Crippen LogP contribution in [0.15, 0.2) is 48.6 Å². The highest BCUT2D eigenvalue weighted by Crippen LogP contribution is 2.53. The van der Waals surface area contributed by atoms with Gasteiger partial charge in [0.1, 0.15) is 5.82 Å². The molecule has 0 fully saturated rings. The van der Waals surface area contributed by atoms with Gasteiger partial charge in [-0.1, -0.05) is 47.5 Å². The van der Waals surface area contributed by atoms with E-state index in [1.165, 1.54) is 6.07 Å². The molecular formula is C18H14Cl2FN. The molecular weight excluding hydrogens is 320 g/mol. The Morgan fingerprint density at radius 2 is 1.91 bits per heavy atom. The summed E-state index contributed by atoms with van der Waals surface area (Å²) < 4.78 is 13.6. The first-order valence-electron chi connectivity index (χ1n) is 7.31. The zero-order valence-corrected chi connectivity index (χ0v) is 13.2. The van der Waals surface area contributed by atoms with E-state index in [4.69, 9.17) is 23.2 Å². The molecule has 0 amide bonds. The lowest BCUT2D eigenvalue weighted by Crippen LogP contribution is -2.29. The Labute approximate surface area is 138 Å². The van der Waals surface area contributed by atoms with Gasteiger partial charge in [0, 0.05) is 16.5 Å². The summed E-state index contributed by atoms with van der Waals surface area (Å²) in [7, 11) is 0. The zero-order valence-electron chi connectivity index (χ0n) is 11.7. The topological polar surface area (TPSA) is 12.0 Å². The van der Waals surface area contributed by atoms with Crippen molar-refractivity contribution in [3.05, 3.63) is 75.5 Å². The van der Waals surface area contributed by atoms with E-state index < -0.39 is 0 Å². The van der Waals surface area contributed by atoms with Crippen LogP contribution in [-0.4, -0.2) is 0 Å². The molecule has 1 nitrogen and oxygen atoms in total. The Balaban J connectivity index is 1.86. The highest BCUT2D eigenvalue weighted by molar-refractivity contribution is 6.36. The van der Waals surface area contributed by atoms with E-state index in [0.29, 0.717) is 10.9 Å². The van der Waals surface area contributed by atoms with Crippen molar-refractivity contribution in [3.63, 3.8) is 0 Å². The molecule has 0 spiro atoms. The van der Waals surface area contributed by atoms with Crippen LogP contribution in [0, 0.1) is 11.7 Å². The van der Waals surface area contributed by atoms with Gasteiger partial charge in [0.2, 0.25) is 0 Å². The molecule has 0 saturated heterocycles. The van der Waals surface area contributed by atoms with Crippen LogP contribution in [0.5, 0.6) is 0 Å². The number of rotatable bonds is 1. The van der Waals surface area contributed by atoms with Crippen LogP contribution < -0.4 is 5.32 Å². The molecule has 4 heteroatoms. The lowest BCUT2D eigenvalue weighted by atomic mass is 9.77. The number of hydrogen-bond acceptors (Lipinski definition) is 1. The Morgan fingerprint density at radius 3 is 2.73 bits per heavy atom. The average Bonchev–Trinajstić information content (AvgIpc) is 2.99. The van der Waals surface area contributed by atoms with Crippen molar-refractivity contribution in [1.29, 1.82) is 0 Å². The lowest BCUT2D eigenvalue weighted by Gasteiger charge is -2.38. The minimum atomic E-state index is -0.218. The molecule has 2 aromatic rings. The molecule has 1 N–H and O–H groups in total. The third-order valence-electron chi connectivity index (χ3n) is 4.62. The number of halogens is 3.